The summed E-state index contributed by atoms with van der Waals surface area (Å²) in [5.74, 6) is 2.07. The first-order chi connectivity index (χ1) is 8.87. The number of halogens is 1. The van der Waals surface area contributed by atoms with Crippen LogP contribution in [0.3, 0.4) is 0 Å². The molecule has 108 valence electrons. The first-order valence-electron chi connectivity index (χ1n) is 7.71. The fourth-order valence-electron chi connectivity index (χ4n) is 5.65. The van der Waals surface area contributed by atoms with Gasteiger partial charge < -0.3 is 4.90 Å². The van der Waals surface area contributed by atoms with E-state index in [0.29, 0.717) is 17.4 Å². The molecule has 4 aliphatic carbocycles. The first-order valence-corrected chi connectivity index (χ1v) is 8.83. The minimum atomic E-state index is -0.00991. The molecule has 3 unspecified atom stereocenters. The minimum Gasteiger partial charge on any atom is -0.342 e. The van der Waals surface area contributed by atoms with E-state index < -0.39 is 0 Å². The van der Waals surface area contributed by atoms with Gasteiger partial charge in [-0.15, -0.1) is 0 Å². The lowest BCUT2D eigenvalue weighted by atomic mass is 9.44. The number of amides is 1. The molecule has 19 heavy (non-hydrogen) atoms. The van der Waals surface area contributed by atoms with E-state index >= 15 is 0 Å². The second-order valence-corrected chi connectivity index (χ2v) is 8.62. The van der Waals surface area contributed by atoms with Crippen molar-refractivity contribution in [3.8, 4) is 0 Å². The Morgan fingerprint density at radius 1 is 1.32 bits per heavy atom. The number of carbonyl (C=O) groups excluding carboxylic acids is 1. The number of nitrogens with zero attached hydrogens (tertiary/aromatic N) is 1. The molecule has 4 bridgehead atoms. The van der Waals surface area contributed by atoms with E-state index in [-0.39, 0.29) is 5.41 Å². The van der Waals surface area contributed by atoms with Crippen molar-refractivity contribution in [2.75, 3.05) is 12.4 Å². The SMILES string of the molecule is CC(CBr)N(C)C(=O)C12CC3CC(CC(C)(C3)C1)C2. The highest BCUT2D eigenvalue weighted by molar-refractivity contribution is 9.09. The predicted octanol–water partition coefficient (Wildman–Crippen LogP) is 3.83. The average Bonchev–Trinajstić information content (AvgIpc) is 2.33. The summed E-state index contributed by atoms with van der Waals surface area (Å²) in [7, 11) is 2.00. The van der Waals surface area contributed by atoms with Crippen LogP contribution >= 0.6 is 15.9 Å². The van der Waals surface area contributed by atoms with Crippen LogP contribution < -0.4 is 0 Å². The normalized spacial score (nSPS) is 45.3. The van der Waals surface area contributed by atoms with E-state index in [1.54, 1.807) is 0 Å². The topological polar surface area (TPSA) is 20.3 Å². The molecule has 0 heterocycles. The molecule has 4 fully saturated rings. The van der Waals surface area contributed by atoms with Gasteiger partial charge in [0.25, 0.3) is 0 Å². The number of alkyl halides is 1. The number of rotatable bonds is 3. The maximum Gasteiger partial charge on any atom is 0.228 e. The highest BCUT2D eigenvalue weighted by atomic mass is 79.9. The van der Waals surface area contributed by atoms with Crippen LogP contribution in [-0.4, -0.2) is 29.2 Å². The molecule has 0 aromatic heterocycles. The molecule has 0 aromatic rings. The van der Waals surface area contributed by atoms with E-state index in [4.69, 9.17) is 0 Å². The Hall–Kier alpha value is -0.0500. The molecule has 0 aliphatic heterocycles. The van der Waals surface area contributed by atoms with Crippen molar-refractivity contribution in [1.29, 1.82) is 0 Å². The third-order valence-corrected chi connectivity index (χ3v) is 6.95. The Morgan fingerprint density at radius 3 is 2.37 bits per heavy atom. The Labute approximate surface area is 125 Å². The maximum absolute atomic E-state index is 13.0. The summed E-state index contributed by atoms with van der Waals surface area (Å²) in [5.41, 5.74) is 0.447. The van der Waals surface area contributed by atoms with Crippen LogP contribution in [0, 0.1) is 22.7 Å². The van der Waals surface area contributed by atoms with Gasteiger partial charge in [0.05, 0.1) is 5.41 Å². The summed E-state index contributed by atoms with van der Waals surface area (Å²) >= 11 is 3.51. The smallest absolute Gasteiger partial charge is 0.228 e. The molecule has 0 aromatic carbocycles. The average molecular weight is 328 g/mol. The van der Waals surface area contributed by atoms with Gasteiger partial charge in [-0.2, -0.15) is 0 Å². The van der Waals surface area contributed by atoms with Gasteiger partial charge in [-0.25, -0.2) is 0 Å². The largest absolute Gasteiger partial charge is 0.342 e. The van der Waals surface area contributed by atoms with Crippen molar-refractivity contribution in [2.24, 2.45) is 22.7 Å². The van der Waals surface area contributed by atoms with Crippen LogP contribution in [0.15, 0.2) is 0 Å². The molecule has 3 atom stereocenters. The summed E-state index contributed by atoms with van der Waals surface area (Å²) in [6, 6.07) is 0.299. The van der Waals surface area contributed by atoms with E-state index in [2.05, 4.69) is 29.8 Å². The molecule has 0 N–H and O–H groups in total. The second kappa shape index (κ2) is 4.47. The van der Waals surface area contributed by atoms with E-state index in [9.17, 15) is 4.79 Å². The predicted molar refractivity (Wildman–Crippen MR) is 81.2 cm³/mol. The third-order valence-electron chi connectivity index (χ3n) is 6.01. The van der Waals surface area contributed by atoms with Crippen LogP contribution in [0.2, 0.25) is 0 Å². The quantitative estimate of drug-likeness (QED) is 0.721. The minimum absolute atomic E-state index is 0.00991. The lowest BCUT2D eigenvalue weighted by Gasteiger charge is -2.61. The standard InChI is InChI=1S/C16H26BrNO/c1-11(9-17)18(3)14(19)16-7-12-4-13(8-16)6-15(2,5-12)10-16/h11-13H,4-10H2,1-3H3. The summed E-state index contributed by atoms with van der Waals surface area (Å²) in [6.45, 7) is 4.56. The molecule has 2 nitrogen and oxygen atoms in total. The Kier molecular flexibility index (Phi) is 3.28. The number of hydrogen-bond acceptors (Lipinski definition) is 1. The van der Waals surface area contributed by atoms with Gasteiger partial charge in [0, 0.05) is 18.4 Å². The van der Waals surface area contributed by atoms with Gasteiger partial charge in [0.1, 0.15) is 0 Å². The first kappa shape index (κ1) is 13.9. The van der Waals surface area contributed by atoms with E-state index in [1.807, 2.05) is 11.9 Å². The zero-order chi connectivity index (χ0) is 13.8. The lowest BCUT2D eigenvalue weighted by molar-refractivity contribution is -0.166. The van der Waals surface area contributed by atoms with Gasteiger partial charge in [-0.1, -0.05) is 22.9 Å². The van der Waals surface area contributed by atoms with Crippen molar-refractivity contribution in [3.05, 3.63) is 0 Å². The van der Waals surface area contributed by atoms with Crippen LogP contribution in [0.25, 0.3) is 0 Å². The monoisotopic (exact) mass is 327 g/mol. The van der Waals surface area contributed by atoms with Crippen LogP contribution in [0.1, 0.15) is 52.4 Å². The summed E-state index contributed by atoms with van der Waals surface area (Å²) in [6.07, 6.45) is 7.61. The second-order valence-electron chi connectivity index (χ2n) is 7.97. The fourth-order valence-corrected chi connectivity index (χ4v) is 6.08. The zero-order valence-corrected chi connectivity index (χ0v) is 14.0. The summed E-state index contributed by atoms with van der Waals surface area (Å²) < 4.78 is 0. The van der Waals surface area contributed by atoms with Crippen molar-refractivity contribution < 1.29 is 4.79 Å². The van der Waals surface area contributed by atoms with Crippen molar-refractivity contribution >= 4 is 21.8 Å². The highest BCUT2D eigenvalue weighted by Crippen LogP contribution is 2.65. The molecule has 3 heteroatoms. The highest BCUT2D eigenvalue weighted by Gasteiger charge is 2.59. The van der Waals surface area contributed by atoms with Crippen LogP contribution in [0.5, 0.6) is 0 Å². The van der Waals surface area contributed by atoms with Crippen molar-refractivity contribution in [2.45, 2.75) is 58.4 Å². The molecular formula is C16H26BrNO. The van der Waals surface area contributed by atoms with Gasteiger partial charge in [0.15, 0.2) is 0 Å². The fraction of sp³-hybridized carbons (Fsp3) is 0.938. The Balaban J connectivity index is 1.85. The van der Waals surface area contributed by atoms with E-state index in [1.165, 1.54) is 19.3 Å². The summed E-state index contributed by atoms with van der Waals surface area (Å²) in [5, 5.41) is 0.870. The molecule has 0 radical (unpaired) electrons. The van der Waals surface area contributed by atoms with Gasteiger partial charge in [0.2, 0.25) is 5.91 Å². The van der Waals surface area contributed by atoms with Crippen LogP contribution in [-0.2, 0) is 4.79 Å². The van der Waals surface area contributed by atoms with Crippen molar-refractivity contribution in [3.63, 3.8) is 0 Å². The molecule has 1 amide bonds. The summed E-state index contributed by atoms with van der Waals surface area (Å²) in [4.78, 5) is 15.0. The van der Waals surface area contributed by atoms with Gasteiger partial charge in [-0.3, -0.25) is 4.79 Å². The Morgan fingerprint density at radius 2 is 1.89 bits per heavy atom. The maximum atomic E-state index is 13.0. The van der Waals surface area contributed by atoms with Crippen LogP contribution in [0.4, 0.5) is 0 Å². The molecule has 4 saturated carbocycles. The third kappa shape index (κ3) is 2.16. The number of hydrogen-bond donors (Lipinski definition) is 0. The van der Waals surface area contributed by atoms with Crippen molar-refractivity contribution in [1.82, 2.24) is 4.90 Å². The van der Waals surface area contributed by atoms with Gasteiger partial charge in [-0.05, 0) is 62.7 Å². The molecule has 0 spiro atoms. The molecular weight excluding hydrogens is 302 g/mol. The lowest BCUT2D eigenvalue weighted by Crippen LogP contribution is -2.58. The number of carbonyl (C=O) groups is 1. The Bertz CT molecular complexity index is 380. The molecule has 0 saturated heterocycles. The zero-order valence-electron chi connectivity index (χ0n) is 12.4. The van der Waals surface area contributed by atoms with Gasteiger partial charge >= 0.3 is 0 Å². The van der Waals surface area contributed by atoms with E-state index in [0.717, 1.165) is 36.4 Å². The molecule has 4 rings (SSSR count). The molecule has 4 aliphatic rings.